The van der Waals surface area contributed by atoms with Crippen LogP contribution in [0.3, 0.4) is 0 Å². The lowest BCUT2D eigenvalue weighted by molar-refractivity contribution is 0.545. The van der Waals surface area contributed by atoms with Gasteiger partial charge in [0.25, 0.3) is 0 Å². The molecule has 6 heteroatoms. The Kier molecular flexibility index (Phi) is 7.72. The molecule has 2 aliphatic rings. The van der Waals surface area contributed by atoms with Crippen molar-refractivity contribution in [3.05, 3.63) is 174 Å². The Morgan fingerprint density at radius 3 is 2.14 bits per heavy atom. The van der Waals surface area contributed by atoms with E-state index in [0.717, 1.165) is 63.8 Å². The summed E-state index contributed by atoms with van der Waals surface area (Å²) < 4.78 is 11.9. The molecular formula is C52H35N3OS2. The molecule has 0 fully saturated rings. The lowest BCUT2D eigenvalue weighted by Crippen LogP contribution is -2.06. The monoisotopic (exact) mass is 781 g/mol. The number of allylic oxidation sites excluding steroid dienone is 5. The van der Waals surface area contributed by atoms with E-state index in [-0.39, 0.29) is 0 Å². The number of rotatable bonds is 5. The van der Waals surface area contributed by atoms with Gasteiger partial charge >= 0.3 is 0 Å². The zero-order chi connectivity index (χ0) is 38.3. The van der Waals surface area contributed by atoms with Crippen LogP contribution in [0.2, 0.25) is 0 Å². The van der Waals surface area contributed by atoms with Crippen molar-refractivity contribution in [3.63, 3.8) is 0 Å². The number of hydrogen-bond acceptors (Lipinski definition) is 6. The summed E-state index contributed by atoms with van der Waals surface area (Å²) in [7, 11) is 0. The van der Waals surface area contributed by atoms with Crippen molar-refractivity contribution in [3.8, 4) is 33.9 Å². The predicted octanol–water partition coefficient (Wildman–Crippen LogP) is 14.7. The van der Waals surface area contributed by atoms with E-state index in [1.807, 2.05) is 22.7 Å². The molecule has 0 N–H and O–H groups in total. The van der Waals surface area contributed by atoms with Crippen LogP contribution in [0.15, 0.2) is 156 Å². The first kappa shape index (κ1) is 33.6. The van der Waals surface area contributed by atoms with Crippen molar-refractivity contribution in [1.82, 2.24) is 15.0 Å². The van der Waals surface area contributed by atoms with Gasteiger partial charge in [-0.2, -0.15) is 0 Å². The number of furan rings is 1. The number of benzene rings is 6. The average Bonchev–Trinajstić information content (AvgIpc) is 3.97. The van der Waals surface area contributed by atoms with Gasteiger partial charge in [0.2, 0.25) is 0 Å². The van der Waals surface area contributed by atoms with E-state index < -0.39 is 0 Å². The van der Waals surface area contributed by atoms with E-state index in [1.165, 1.54) is 57.0 Å². The maximum absolute atomic E-state index is 6.76. The topological polar surface area (TPSA) is 51.8 Å². The number of aryl methyl sites for hydroxylation is 1. The van der Waals surface area contributed by atoms with Gasteiger partial charge < -0.3 is 4.42 Å². The Morgan fingerprint density at radius 1 is 0.586 bits per heavy atom. The van der Waals surface area contributed by atoms with Gasteiger partial charge in [-0.25, -0.2) is 15.0 Å². The molecule has 10 aromatic rings. The van der Waals surface area contributed by atoms with E-state index in [0.29, 0.717) is 23.4 Å². The van der Waals surface area contributed by atoms with E-state index in [2.05, 4.69) is 159 Å². The van der Waals surface area contributed by atoms with E-state index in [9.17, 15) is 0 Å². The van der Waals surface area contributed by atoms with Crippen LogP contribution in [0.25, 0.3) is 96.4 Å². The molecule has 6 aromatic carbocycles. The fourth-order valence-corrected chi connectivity index (χ4v) is 11.2. The average molecular weight is 782 g/mol. The molecule has 0 aliphatic heterocycles. The Labute approximate surface area is 343 Å². The standard InChI is InChI=1S/C52H35N3OS2/c1-30-10-2-3-11-35(30)31-20-22-32(23-21-31)50-53-51(34-25-27-46-41(28-34)37-12-4-6-17-44(37)57-46)55-52(54-50)40-15-8-16-42-48(40)38-26-24-33(29-43(38)56-42)36-14-9-19-47-49(36)39-13-5-7-18-45(39)58-47/h2-7,9,11-15,17-30H,8,10,16H2,1H3. The van der Waals surface area contributed by atoms with Crippen LogP contribution in [-0.4, -0.2) is 15.0 Å². The normalized spacial score (nSPS) is 15.4. The molecule has 0 radical (unpaired) electrons. The minimum absolute atomic E-state index is 0.479. The molecule has 2 aliphatic carbocycles. The number of fused-ring (bicyclic) bond motifs is 9. The Morgan fingerprint density at radius 2 is 1.28 bits per heavy atom. The van der Waals surface area contributed by atoms with E-state index >= 15 is 0 Å². The molecule has 0 spiro atoms. The van der Waals surface area contributed by atoms with Crippen molar-refractivity contribution in [1.29, 1.82) is 0 Å². The summed E-state index contributed by atoms with van der Waals surface area (Å²) in [4.78, 5) is 15.7. The third kappa shape index (κ3) is 5.43. The first-order valence-electron chi connectivity index (χ1n) is 20.0. The molecule has 1 atom stereocenters. The molecular weight excluding hydrogens is 747 g/mol. The Bertz CT molecular complexity index is 3390. The van der Waals surface area contributed by atoms with Crippen molar-refractivity contribution < 1.29 is 4.42 Å². The molecule has 4 aromatic heterocycles. The fraction of sp³-hybridized carbons (Fsp3) is 0.0962. The molecule has 0 amide bonds. The second-order valence-corrected chi connectivity index (χ2v) is 17.6. The molecule has 1 unspecified atom stereocenters. The smallest absolute Gasteiger partial charge is 0.164 e. The van der Waals surface area contributed by atoms with Crippen molar-refractivity contribution in [2.24, 2.45) is 5.92 Å². The van der Waals surface area contributed by atoms with Crippen LogP contribution < -0.4 is 0 Å². The van der Waals surface area contributed by atoms with Gasteiger partial charge in [0.05, 0.1) is 0 Å². The van der Waals surface area contributed by atoms with Crippen LogP contribution in [0.5, 0.6) is 0 Å². The molecule has 0 saturated carbocycles. The second-order valence-electron chi connectivity index (χ2n) is 15.4. The van der Waals surface area contributed by atoms with Crippen LogP contribution in [0, 0.1) is 5.92 Å². The minimum atomic E-state index is 0.479. The lowest BCUT2D eigenvalue weighted by atomic mass is 9.88. The highest BCUT2D eigenvalue weighted by Crippen LogP contribution is 2.44. The molecule has 4 nitrogen and oxygen atoms in total. The zero-order valence-corrected chi connectivity index (χ0v) is 33.3. The third-order valence-corrected chi connectivity index (χ3v) is 14.2. The number of thiophene rings is 2. The minimum Gasteiger partial charge on any atom is -0.460 e. The summed E-state index contributed by atoms with van der Waals surface area (Å²) in [6.07, 6.45) is 11.7. The summed E-state index contributed by atoms with van der Waals surface area (Å²) >= 11 is 3.67. The van der Waals surface area contributed by atoms with Crippen molar-refractivity contribution in [2.45, 2.75) is 26.2 Å². The highest BCUT2D eigenvalue weighted by molar-refractivity contribution is 7.26. The van der Waals surface area contributed by atoms with E-state index in [1.54, 1.807) is 0 Å². The van der Waals surface area contributed by atoms with Crippen molar-refractivity contribution in [2.75, 3.05) is 0 Å². The summed E-state index contributed by atoms with van der Waals surface area (Å²) in [5.74, 6) is 3.44. The molecule has 58 heavy (non-hydrogen) atoms. The summed E-state index contributed by atoms with van der Waals surface area (Å²) in [6, 6.07) is 46.0. The lowest BCUT2D eigenvalue weighted by Gasteiger charge is -2.18. The van der Waals surface area contributed by atoms with Gasteiger partial charge in [0.15, 0.2) is 17.5 Å². The third-order valence-electron chi connectivity index (χ3n) is 11.9. The Hall–Kier alpha value is -6.47. The fourth-order valence-electron chi connectivity index (χ4n) is 9.01. The molecule has 4 heterocycles. The molecule has 0 bridgehead atoms. The molecule has 276 valence electrons. The molecule has 0 saturated heterocycles. The van der Waals surface area contributed by atoms with Crippen LogP contribution in [-0.2, 0) is 6.42 Å². The maximum atomic E-state index is 6.76. The van der Waals surface area contributed by atoms with E-state index in [4.69, 9.17) is 19.4 Å². The van der Waals surface area contributed by atoms with Gasteiger partial charge in [0, 0.05) is 74.4 Å². The van der Waals surface area contributed by atoms with Crippen molar-refractivity contribution >= 4 is 85.1 Å². The number of hydrogen-bond donors (Lipinski definition) is 0. The van der Waals surface area contributed by atoms with Gasteiger partial charge in [-0.05, 0) is 89.6 Å². The van der Waals surface area contributed by atoms with Crippen LogP contribution >= 0.6 is 22.7 Å². The quantitative estimate of drug-likeness (QED) is 0.174. The summed E-state index contributed by atoms with van der Waals surface area (Å²) in [6.45, 7) is 2.29. The Balaban J connectivity index is 1.00. The van der Waals surface area contributed by atoms with Crippen LogP contribution in [0.4, 0.5) is 0 Å². The highest BCUT2D eigenvalue weighted by Gasteiger charge is 2.26. The SMILES string of the molecule is CC1CC=CC=C1c1ccc(-c2nc(C3=CCCc4oc5cc(-c6cccc7sc8ccccc8c67)ccc5c43)nc(-c3ccc4sc5ccccc5c4c3)n2)cc1. The summed E-state index contributed by atoms with van der Waals surface area (Å²) in [5.41, 5.74) is 9.86. The largest absolute Gasteiger partial charge is 0.460 e. The first-order valence-corrected chi connectivity index (χ1v) is 21.6. The molecule has 12 rings (SSSR count). The highest BCUT2D eigenvalue weighted by atomic mass is 32.1. The summed E-state index contributed by atoms with van der Waals surface area (Å²) in [5, 5.41) is 6.14. The van der Waals surface area contributed by atoms with Crippen LogP contribution in [0.1, 0.15) is 42.5 Å². The second kappa shape index (κ2) is 13.3. The van der Waals surface area contributed by atoms with Gasteiger partial charge in [0.1, 0.15) is 11.3 Å². The number of nitrogens with zero attached hydrogens (tertiary/aromatic N) is 3. The first-order chi connectivity index (χ1) is 28.6. The predicted molar refractivity (Wildman–Crippen MR) is 244 cm³/mol. The van der Waals surface area contributed by atoms with Gasteiger partial charge in [-0.3, -0.25) is 0 Å². The van der Waals surface area contributed by atoms with Gasteiger partial charge in [-0.1, -0.05) is 110 Å². The maximum Gasteiger partial charge on any atom is 0.164 e. The number of aromatic nitrogens is 3. The zero-order valence-electron chi connectivity index (χ0n) is 31.7. The van der Waals surface area contributed by atoms with Gasteiger partial charge in [-0.15, -0.1) is 22.7 Å².